The molecule has 1 saturated heterocycles. The van der Waals surface area contributed by atoms with E-state index in [1.54, 1.807) is 0 Å². The minimum atomic E-state index is 0. The van der Waals surface area contributed by atoms with E-state index in [9.17, 15) is 0 Å². The van der Waals surface area contributed by atoms with Crippen molar-refractivity contribution in [2.24, 2.45) is 0 Å². The van der Waals surface area contributed by atoms with E-state index in [4.69, 9.17) is 0 Å². The summed E-state index contributed by atoms with van der Waals surface area (Å²) < 4.78 is 0. The number of hydrogen-bond donors (Lipinski definition) is 2. The number of nitrogens with one attached hydrogen (secondary N) is 2. The van der Waals surface area contributed by atoms with Crippen LogP contribution < -0.4 is 10.6 Å². The first-order valence-corrected chi connectivity index (χ1v) is 5.34. The molecule has 2 N–H and O–H groups in total. The molecule has 1 aliphatic heterocycles. The largest absolute Gasteiger partial charge is 0.315 e. The van der Waals surface area contributed by atoms with Crippen LogP contribution in [-0.4, -0.2) is 19.1 Å². The van der Waals surface area contributed by atoms with Crippen LogP contribution in [0.5, 0.6) is 0 Å². The van der Waals surface area contributed by atoms with Crippen molar-refractivity contribution in [3.63, 3.8) is 0 Å². The molecule has 2 rings (SSSR count). The molecule has 1 atom stereocenters. The summed E-state index contributed by atoms with van der Waals surface area (Å²) in [5.74, 6) is 0. The molecule has 0 amide bonds. The normalized spacial score (nSPS) is 19.9. The van der Waals surface area contributed by atoms with Gasteiger partial charge in [0.15, 0.2) is 0 Å². The van der Waals surface area contributed by atoms with Gasteiger partial charge in [-0.15, -0.1) is 12.4 Å². The Morgan fingerprint density at radius 2 is 2.07 bits per heavy atom. The van der Waals surface area contributed by atoms with Crippen LogP contribution in [0.4, 0.5) is 0 Å². The first kappa shape index (κ1) is 12.5. The Morgan fingerprint density at radius 3 is 2.67 bits per heavy atom. The Morgan fingerprint density at radius 1 is 1.33 bits per heavy atom. The third kappa shape index (κ3) is 3.82. The number of benzene rings is 1. The maximum atomic E-state index is 3.55. The Bertz CT molecular complexity index is 278. The highest BCUT2D eigenvalue weighted by Gasteiger charge is 2.12. The molecular weight excluding hydrogens is 208 g/mol. The van der Waals surface area contributed by atoms with Gasteiger partial charge in [0.1, 0.15) is 0 Å². The predicted octanol–water partition coefficient (Wildman–Crippen LogP) is 1.87. The van der Waals surface area contributed by atoms with Crippen LogP contribution in [0.1, 0.15) is 17.5 Å². The van der Waals surface area contributed by atoms with E-state index >= 15 is 0 Å². The first-order valence-electron chi connectivity index (χ1n) is 5.34. The van der Waals surface area contributed by atoms with Crippen LogP contribution in [-0.2, 0) is 6.54 Å². The number of hydrogen-bond acceptors (Lipinski definition) is 2. The minimum Gasteiger partial charge on any atom is -0.315 e. The lowest BCUT2D eigenvalue weighted by Gasteiger charge is -2.10. The van der Waals surface area contributed by atoms with Gasteiger partial charge in [-0.3, -0.25) is 0 Å². The zero-order chi connectivity index (χ0) is 9.80. The fourth-order valence-corrected chi connectivity index (χ4v) is 1.80. The van der Waals surface area contributed by atoms with Crippen molar-refractivity contribution >= 4 is 12.4 Å². The molecule has 15 heavy (non-hydrogen) atoms. The summed E-state index contributed by atoms with van der Waals surface area (Å²) in [6.07, 6.45) is 1.26. The molecule has 1 aromatic rings. The van der Waals surface area contributed by atoms with E-state index in [0.717, 1.165) is 19.6 Å². The fraction of sp³-hybridized carbons (Fsp3) is 0.500. The summed E-state index contributed by atoms with van der Waals surface area (Å²) in [6.45, 7) is 5.39. The quantitative estimate of drug-likeness (QED) is 0.823. The van der Waals surface area contributed by atoms with Crippen molar-refractivity contribution in [2.45, 2.75) is 25.9 Å². The highest BCUT2D eigenvalue weighted by molar-refractivity contribution is 5.85. The van der Waals surface area contributed by atoms with Gasteiger partial charge in [-0.05, 0) is 25.5 Å². The lowest BCUT2D eigenvalue weighted by Crippen LogP contribution is -2.30. The van der Waals surface area contributed by atoms with Gasteiger partial charge in [0.25, 0.3) is 0 Å². The molecular formula is C12H19ClN2. The maximum Gasteiger partial charge on any atom is 0.0208 e. The highest BCUT2D eigenvalue weighted by Crippen LogP contribution is 2.04. The Balaban J connectivity index is 0.00000112. The number of aryl methyl sites for hydroxylation is 1. The number of rotatable bonds is 3. The molecule has 84 valence electrons. The molecule has 0 radical (unpaired) electrons. The summed E-state index contributed by atoms with van der Waals surface area (Å²) in [4.78, 5) is 0. The van der Waals surface area contributed by atoms with E-state index in [1.807, 2.05) is 0 Å². The maximum absolute atomic E-state index is 3.55. The van der Waals surface area contributed by atoms with Gasteiger partial charge in [0.05, 0.1) is 0 Å². The topological polar surface area (TPSA) is 24.1 Å². The second-order valence-electron chi connectivity index (χ2n) is 4.06. The Kier molecular flexibility index (Phi) is 5.09. The highest BCUT2D eigenvalue weighted by atomic mass is 35.5. The molecule has 0 aromatic heterocycles. The summed E-state index contributed by atoms with van der Waals surface area (Å²) >= 11 is 0. The lowest BCUT2D eigenvalue weighted by atomic mass is 10.1. The van der Waals surface area contributed by atoms with Gasteiger partial charge < -0.3 is 10.6 Å². The second kappa shape index (κ2) is 6.11. The van der Waals surface area contributed by atoms with Gasteiger partial charge in [0, 0.05) is 19.1 Å². The van der Waals surface area contributed by atoms with Crippen molar-refractivity contribution in [1.82, 2.24) is 10.6 Å². The third-order valence-electron chi connectivity index (χ3n) is 2.78. The smallest absolute Gasteiger partial charge is 0.0208 e. The van der Waals surface area contributed by atoms with Gasteiger partial charge in [0.2, 0.25) is 0 Å². The molecule has 0 spiro atoms. The van der Waals surface area contributed by atoms with E-state index in [0.29, 0.717) is 6.04 Å². The molecule has 1 unspecified atom stereocenters. The predicted molar refractivity (Wildman–Crippen MR) is 66.5 cm³/mol. The van der Waals surface area contributed by atoms with Crippen LogP contribution in [0.15, 0.2) is 24.3 Å². The van der Waals surface area contributed by atoms with E-state index in [-0.39, 0.29) is 12.4 Å². The average molecular weight is 227 g/mol. The monoisotopic (exact) mass is 226 g/mol. The Labute approximate surface area is 97.9 Å². The summed E-state index contributed by atoms with van der Waals surface area (Å²) in [5.41, 5.74) is 2.71. The van der Waals surface area contributed by atoms with Crippen LogP contribution in [0.25, 0.3) is 0 Å². The second-order valence-corrected chi connectivity index (χ2v) is 4.06. The molecule has 0 saturated carbocycles. The molecule has 0 bridgehead atoms. The summed E-state index contributed by atoms with van der Waals surface area (Å²) in [5, 5.41) is 6.91. The standard InChI is InChI=1S/C12H18N2.ClH/c1-10-2-4-11(5-3-10)8-14-12-6-7-13-9-12;/h2-5,12-14H,6-9H2,1H3;1H. The zero-order valence-corrected chi connectivity index (χ0v) is 9.94. The van der Waals surface area contributed by atoms with Crippen LogP contribution in [0, 0.1) is 6.92 Å². The summed E-state index contributed by atoms with van der Waals surface area (Å²) in [7, 11) is 0. The zero-order valence-electron chi connectivity index (χ0n) is 9.12. The minimum absolute atomic E-state index is 0. The van der Waals surface area contributed by atoms with Crippen LogP contribution >= 0.6 is 12.4 Å². The molecule has 0 aliphatic carbocycles. The molecule has 3 heteroatoms. The van der Waals surface area contributed by atoms with Crippen LogP contribution in [0.3, 0.4) is 0 Å². The molecule has 1 fully saturated rings. The molecule has 2 nitrogen and oxygen atoms in total. The SMILES string of the molecule is Cc1ccc(CNC2CCNC2)cc1.Cl. The first-order chi connectivity index (χ1) is 6.84. The third-order valence-corrected chi connectivity index (χ3v) is 2.78. The van der Waals surface area contributed by atoms with Gasteiger partial charge >= 0.3 is 0 Å². The lowest BCUT2D eigenvalue weighted by molar-refractivity contribution is 0.547. The Hall–Kier alpha value is -0.570. The van der Waals surface area contributed by atoms with E-state index in [2.05, 4.69) is 41.8 Å². The van der Waals surface area contributed by atoms with Crippen molar-refractivity contribution in [2.75, 3.05) is 13.1 Å². The fourth-order valence-electron chi connectivity index (χ4n) is 1.80. The van der Waals surface area contributed by atoms with Crippen molar-refractivity contribution in [3.05, 3.63) is 35.4 Å². The van der Waals surface area contributed by atoms with Crippen LogP contribution in [0.2, 0.25) is 0 Å². The van der Waals surface area contributed by atoms with E-state index < -0.39 is 0 Å². The van der Waals surface area contributed by atoms with Gasteiger partial charge in [-0.2, -0.15) is 0 Å². The average Bonchev–Trinajstić information content (AvgIpc) is 2.70. The molecule has 1 aromatic carbocycles. The number of halogens is 1. The molecule has 1 heterocycles. The van der Waals surface area contributed by atoms with Gasteiger partial charge in [-0.25, -0.2) is 0 Å². The molecule has 1 aliphatic rings. The van der Waals surface area contributed by atoms with Crippen molar-refractivity contribution in [3.8, 4) is 0 Å². The van der Waals surface area contributed by atoms with E-state index in [1.165, 1.54) is 17.5 Å². The van der Waals surface area contributed by atoms with Crippen molar-refractivity contribution < 1.29 is 0 Å². The van der Waals surface area contributed by atoms with Crippen molar-refractivity contribution in [1.29, 1.82) is 0 Å². The summed E-state index contributed by atoms with van der Waals surface area (Å²) in [6, 6.07) is 9.40. The van der Waals surface area contributed by atoms with Gasteiger partial charge in [-0.1, -0.05) is 29.8 Å².